The number of rotatable bonds is 4. The summed E-state index contributed by atoms with van der Waals surface area (Å²) in [6.45, 7) is 1.94. The minimum absolute atomic E-state index is 0.0869. The lowest BCUT2D eigenvalue weighted by atomic mass is 10.1. The van der Waals surface area contributed by atoms with E-state index in [0.29, 0.717) is 11.3 Å². The summed E-state index contributed by atoms with van der Waals surface area (Å²) in [7, 11) is 3.34. The van der Waals surface area contributed by atoms with Crippen molar-refractivity contribution in [3.05, 3.63) is 59.8 Å². The number of hydrogen-bond acceptors (Lipinski definition) is 4. The number of carbonyl (C=O) groups excluding carboxylic acids is 2. The molecule has 1 aromatic carbocycles. The molecule has 7 heteroatoms. The maximum atomic E-state index is 13.3. The predicted octanol–water partition coefficient (Wildman–Crippen LogP) is 2.81. The number of H-pyrrole nitrogens is 1. The molecule has 0 radical (unpaired) electrons. The van der Waals surface area contributed by atoms with Crippen molar-refractivity contribution < 1.29 is 9.59 Å². The Morgan fingerprint density at radius 3 is 2.74 bits per heavy atom. The van der Waals surface area contributed by atoms with Crippen molar-refractivity contribution in [3.63, 3.8) is 0 Å². The summed E-state index contributed by atoms with van der Waals surface area (Å²) in [6.07, 6.45) is 3.37. The Hall–Kier alpha value is -3.48. The first-order valence-electron chi connectivity index (χ1n) is 8.59. The van der Waals surface area contributed by atoms with Crippen LogP contribution in [-0.2, 0) is 6.54 Å². The summed E-state index contributed by atoms with van der Waals surface area (Å²) < 4.78 is 1.83. The molecular formula is C20H19N5O2. The van der Waals surface area contributed by atoms with Gasteiger partial charge in [-0.1, -0.05) is 18.2 Å². The summed E-state index contributed by atoms with van der Waals surface area (Å²) in [6, 6.07) is 9.26. The molecular weight excluding hydrogens is 342 g/mol. The molecule has 4 rings (SSSR count). The summed E-state index contributed by atoms with van der Waals surface area (Å²) in [5.41, 5.74) is 3.07. The van der Waals surface area contributed by atoms with Crippen LogP contribution in [0.4, 0.5) is 0 Å². The number of aromatic amines is 1. The van der Waals surface area contributed by atoms with E-state index >= 15 is 0 Å². The lowest BCUT2D eigenvalue weighted by Crippen LogP contribution is -2.25. The number of fused-ring (bicyclic) bond motifs is 2. The molecule has 0 aliphatic carbocycles. The number of nitrogens with zero attached hydrogens (tertiary/aromatic N) is 4. The van der Waals surface area contributed by atoms with Gasteiger partial charge in [-0.25, -0.2) is 4.98 Å². The molecule has 1 N–H and O–H groups in total. The fourth-order valence-electron chi connectivity index (χ4n) is 3.33. The average molecular weight is 361 g/mol. The van der Waals surface area contributed by atoms with Crippen molar-refractivity contribution >= 4 is 33.6 Å². The Bertz CT molecular complexity index is 1190. The van der Waals surface area contributed by atoms with E-state index in [0.717, 1.165) is 27.8 Å². The van der Waals surface area contributed by atoms with Crippen LogP contribution < -0.4 is 0 Å². The van der Waals surface area contributed by atoms with E-state index in [-0.39, 0.29) is 18.2 Å². The van der Waals surface area contributed by atoms with Gasteiger partial charge in [0.05, 0.1) is 29.3 Å². The van der Waals surface area contributed by atoms with E-state index in [1.807, 2.05) is 41.8 Å². The largest absolute Gasteiger partial charge is 0.350 e. The van der Waals surface area contributed by atoms with Gasteiger partial charge in [0, 0.05) is 31.2 Å². The van der Waals surface area contributed by atoms with Crippen LogP contribution in [0, 0.1) is 6.92 Å². The molecule has 0 aliphatic rings. The van der Waals surface area contributed by atoms with Gasteiger partial charge in [-0.15, -0.1) is 0 Å². The van der Waals surface area contributed by atoms with Gasteiger partial charge in [0.25, 0.3) is 5.91 Å². The summed E-state index contributed by atoms with van der Waals surface area (Å²) in [5, 5.41) is 0.743. The van der Waals surface area contributed by atoms with Crippen LogP contribution in [0.2, 0.25) is 0 Å². The highest BCUT2D eigenvalue weighted by Crippen LogP contribution is 2.25. The summed E-state index contributed by atoms with van der Waals surface area (Å²) in [4.78, 5) is 39.1. The second-order valence-corrected chi connectivity index (χ2v) is 6.65. The number of aromatic nitrogens is 4. The van der Waals surface area contributed by atoms with Crippen LogP contribution in [-0.4, -0.2) is 50.2 Å². The first kappa shape index (κ1) is 17.0. The van der Waals surface area contributed by atoms with E-state index < -0.39 is 0 Å². The lowest BCUT2D eigenvalue weighted by molar-refractivity contribution is 0.0815. The molecule has 7 nitrogen and oxygen atoms in total. The number of Topliss-reactive ketones (excluding diaryl/α,β-unsaturated/α-hetero) is 1. The van der Waals surface area contributed by atoms with Gasteiger partial charge in [0.15, 0.2) is 5.78 Å². The Morgan fingerprint density at radius 1 is 1.19 bits per heavy atom. The van der Waals surface area contributed by atoms with Gasteiger partial charge < -0.3 is 14.5 Å². The number of pyridine rings is 1. The molecule has 0 aliphatic heterocycles. The SMILES string of the molecule is Cc1nc2ccncc2n1CC(=O)c1c(C(=O)N(C)C)[nH]c2ccccc12. The van der Waals surface area contributed by atoms with Crippen LogP contribution >= 0.6 is 0 Å². The zero-order valence-electron chi connectivity index (χ0n) is 15.4. The Balaban J connectivity index is 1.84. The van der Waals surface area contributed by atoms with Gasteiger partial charge >= 0.3 is 0 Å². The molecule has 0 unspecified atom stereocenters. The molecule has 0 saturated heterocycles. The van der Waals surface area contributed by atoms with Crippen molar-refractivity contribution in [2.24, 2.45) is 0 Å². The smallest absolute Gasteiger partial charge is 0.270 e. The van der Waals surface area contributed by atoms with E-state index in [1.165, 1.54) is 4.90 Å². The topological polar surface area (TPSA) is 83.9 Å². The first-order chi connectivity index (χ1) is 13.0. The number of hydrogen-bond donors (Lipinski definition) is 1. The highest BCUT2D eigenvalue weighted by Gasteiger charge is 2.25. The normalized spacial score (nSPS) is 11.2. The number of amides is 1. The van der Waals surface area contributed by atoms with Crippen LogP contribution in [0.3, 0.4) is 0 Å². The van der Waals surface area contributed by atoms with Gasteiger partial charge in [-0.3, -0.25) is 14.6 Å². The number of aryl methyl sites for hydroxylation is 1. The molecule has 3 aromatic heterocycles. The molecule has 0 bridgehead atoms. The number of imidazole rings is 1. The van der Waals surface area contributed by atoms with Gasteiger partial charge in [0.1, 0.15) is 11.5 Å². The third-order valence-corrected chi connectivity index (χ3v) is 4.65. The maximum Gasteiger partial charge on any atom is 0.270 e. The predicted molar refractivity (Wildman–Crippen MR) is 103 cm³/mol. The molecule has 0 atom stereocenters. The molecule has 0 fully saturated rings. The third kappa shape index (κ3) is 2.77. The van der Waals surface area contributed by atoms with Crippen molar-refractivity contribution in [1.29, 1.82) is 0 Å². The number of nitrogens with one attached hydrogen (secondary N) is 1. The van der Waals surface area contributed by atoms with Gasteiger partial charge in [-0.2, -0.15) is 0 Å². The molecule has 27 heavy (non-hydrogen) atoms. The van der Waals surface area contributed by atoms with Crippen molar-refractivity contribution in [3.8, 4) is 0 Å². The fourth-order valence-corrected chi connectivity index (χ4v) is 3.33. The Morgan fingerprint density at radius 2 is 1.96 bits per heavy atom. The van der Waals surface area contributed by atoms with Crippen LogP contribution in [0.5, 0.6) is 0 Å². The van der Waals surface area contributed by atoms with Crippen molar-refractivity contribution in [2.75, 3.05) is 14.1 Å². The highest BCUT2D eigenvalue weighted by atomic mass is 16.2. The fraction of sp³-hybridized carbons (Fsp3) is 0.200. The summed E-state index contributed by atoms with van der Waals surface area (Å²) >= 11 is 0. The minimum Gasteiger partial charge on any atom is -0.350 e. The van der Waals surface area contributed by atoms with Crippen LogP contribution in [0.15, 0.2) is 42.7 Å². The van der Waals surface area contributed by atoms with E-state index in [2.05, 4.69) is 15.0 Å². The summed E-state index contributed by atoms with van der Waals surface area (Å²) in [5.74, 6) is 0.346. The average Bonchev–Trinajstić information content (AvgIpc) is 3.19. The highest BCUT2D eigenvalue weighted by molar-refractivity contribution is 6.16. The molecule has 0 spiro atoms. The van der Waals surface area contributed by atoms with Gasteiger partial charge in [-0.05, 0) is 19.1 Å². The van der Waals surface area contributed by atoms with E-state index in [9.17, 15) is 9.59 Å². The van der Waals surface area contributed by atoms with Crippen LogP contribution in [0.1, 0.15) is 26.7 Å². The minimum atomic E-state index is -0.233. The van der Waals surface area contributed by atoms with Crippen molar-refractivity contribution in [1.82, 2.24) is 24.4 Å². The number of para-hydroxylation sites is 1. The Kier molecular flexibility index (Phi) is 3.99. The molecule has 0 saturated carbocycles. The third-order valence-electron chi connectivity index (χ3n) is 4.65. The Labute approximate surface area is 155 Å². The first-order valence-corrected chi connectivity index (χ1v) is 8.59. The monoisotopic (exact) mass is 361 g/mol. The lowest BCUT2D eigenvalue weighted by Gasteiger charge is -2.11. The second kappa shape index (κ2) is 6.35. The zero-order valence-corrected chi connectivity index (χ0v) is 15.4. The quantitative estimate of drug-likeness (QED) is 0.567. The van der Waals surface area contributed by atoms with E-state index in [1.54, 1.807) is 26.5 Å². The van der Waals surface area contributed by atoms with Crippen LogP contribution in [0.25, 0.3) is 21.9 Å². The maximum absolute atomic E-state index is 13.3. The van der Waals surface area contributed by atoms with Gasteiger partial charge in [0.2, 0.25) is 0 Å². The van der Waals surface area contributed by atoms with E-state index in [4.69, 9.17) is 0 Å². The molecule has 1 amide bonds. The zero-order chi connectivity index (χ0) is 19.1. The number of benzene rings is 1. The number of ketones is 1. The molecule has 4 aromatic rings. The second-order valence-electron chi connectivity index (χ2n) is 6.65. The molecule has 136 valence electrons. The standard InChI is InChI=1S/C20H19N5O2/c1-12-22-15-8-9-21-10-16(15)25(12)11-17(26)18-13-6-4-5-7-14(13)23-19(18)20(27)24(2)3/h4-10,23H,11H2,1-3H3. The number of carbonyl (C=O) groups is 2. The van der Waals surface area contributed by atoms with Crippen molar-refractivity contribution in [2.45, 2.75) is 13.5 Å². The molecule has 3 heterocycles.